The summed E-state index contributed by atoms with van der Waals surface area (Å²) in [5.41, 5.74) is 0.400. The standard InChI is InChI=1S/C17H30O4S/c1-12(2)9-8-10-17(7,21-15(6)19)16(20-14(5)18)11-22-13(3)4/h9,13,16H,8,10-11H2,1-7H3/t16-,17+/m0/s1. The Bertz CT molecular complexity index is 399. The van der Waals surface area contributed by atoms with Crippen LogP contribution in [0.5, 0.6) is 0 Å². The molecule has 0 radical (unpaired) electrons. The molecule has 0 saturated carbocycles. The molecule has 0 aromatic heterocycles. The van der Waals surface area contributed by atoms with E-state index in [2.05, 4.69) is 19.9 Å². The molecule has 0 rings (SSSR count). The fraction of sp³-hybridized carbons (Fsp3) is 0.765. The molecule has 0 heterocycles. The fourth-order valence-electron chi connectivity index (χ4n) is 2.07. The van der Waals surface area contributed by atoms with Crippen molar-refractivity contribution in [1.29, 1.82) is 0 Å². The van der Waals surface area contributed by atoms with E-state index in [1.807, 2.05) is 20.8 Å². The van der Waals surface area contributed by atoms with Crippen molar-refractivity contribution in [2.45, 2.75) is 78.3 Å². The second kappa shape index (κ2) is 9.93. The normalized spacial score (nSPS) is 14.9. The van der Waals surface area contributed by atoms with Crippen molar-refractivity contribution in [2.75, 3.05) is 5.75 Å². The summed E-state index contributed by atoms with van der Waals surface area (Å²) in [5, 5.41) is 0.414. The van der Waals surface area contributed by atoms with Gasteiger partial charge in [-0.25, -0.2) is 0 Å². The van der Waals surface area contributed by atoms with Crippen LogP contribution in [0.15, 0.2) is 11.6 Å². The maximum atomic E-state index is 11.5. The lowest BCUT2D eigenvalue weighted by atomic mass is 9.93. The molecular formula is C17H30O4S. The van der Waals surface area contributed by atoms with Gasteiger partial charge in [0.05, 0.1) is 0 Å². The summed E-state index contributed by atoms with van der Waals surface area (Å²) in [6.07, 6.45) is 3.04. The van der Waals surface area contributed by atoms with Crippen LogP contribution in [0.1, 0.15) is 61.3 Å². The van der Waals surface area contributed by atoms with Crippen molar-refractivity contribution >= 4 is 23.7 Å². The predicted molar refractivity (Wildman–Crippen MR) is 92.0 cm³/mol. The zero-order valence-corrected chi connectivity index (χ0v) is 15.7. The number of ether oxygens (including phenoxy) is 2. The Labute approximate surface area is 139 Å². The van der Waals surface area contributed by atoms with Crippen LogP contribution >= 0.6 is 11.8 Å². The highest BCUT2D eigenvalue weighted by Crippen LogP contribution is 2.29. The zero-order valence-electron chi connectivity index (χ0n) is 14.9. The van der Waals surface area contributed by atoms with Gasteiger partial charge in [-0.3, -0.25) is 9.59 Å². The number of hydrogen-bond donors (Lipinski definition) is 0. The summed E-state index contributed by atoms with van der Waals surface area (Å²) >= 11 is 1.69. The van der Waals surface area contributed by atoms with Gasteiger partial charge in [0.25, 0.3) is 0 Å². The molecule has 0 saturated heterocycles. The van der Waals surface area contributed by atoms with Gasteiger partial charge in [0.1, 0.15) is 5.60 Å². The summed E-state index contributed by atoms with van der Waals surface area (Å²) in [6, 6.07) is 0. The third-order valence-electron chi connectivity index (χ3n) is 3.14. The van der Waals surface area contributed by atoms with Crippen LogP contribution < -0.4 is 0 Å². The van der Waals surface area contributed by atoms with E-state index in [4.69, 9.17) is 9.47 Å². The van der Waals surface area contributed by atoms with Crippen molar-refractivity contribution < 1.29 is 19.1 Å². The highest BCUT2D eigenvalue weighted by Gasteiger charge is 2.39. The maximum Gasteiger partial charge on any atom is 0.303 e. The van der Waals surface area contributed by atoms with Crippen molar-refractivity contribution in [3.8, 4) is 0 Å². The summed E-state index contributed by atoms with van der Waals surface area (Å²) in [6.45, 7) is 12.9. The van der Waals surface area contributed by atoms with Gasteiger partial charge in [0.15, 0.2) is 6.10 Å². The number of allylic oxidation sites excluding steroid dienone is 2. The van der Waals surface area contributed by atoms with Gasteiger partial charge in [-0.1, -0.05) is 25.5 Å². The van der Waals surface area contributed by atoms with E-state index >= 15 is 0 Å². The predicted octanol–water partition coefficient (Wildman–Crippen LogP) is 4.13. The highest BCUT2D eigenvalue weighted by molar-refractivity contribution is 7.99. The minimum absolute atomic E-state index is 0.352. The van der Waals surface area contributed by atoms with Crippen LogP contribution in [0.2, 0.25) is 0 Å². The lowest BCUT2D eigenvalue weighted by Gasteiger charge is -2.36. The van der Waals surface area contributed by atoms with Crippen molar-refractivity contribution in [3.63, 3.8) is 0 Å². The van der Waals surface area contributed by atoms with Crippen LogP contribution in [0, 0.1) is 0 Å². The summed E-state index contributed by atoms with van der Waals surface area (Å²) in [5.74, 6) is -0.100. The summed E-state index contributed by atoms with van der Waals surface area (Å²) in [4.78, 5) is 22.9. The molecule has 2 atom stereocenters. The van der Waals surface area contributed by atoms with E-state index in [9.17, 15) is 9.59 Å². The Morgan fingerprint density at radius 1 is 1.14 bits per heavy atom. The van der Waals surface area contributed by atoms with Gasteiger partial charge in [-0.05, 0) is 38.9 Å². The molecule has 0 fully saturated rings. The number of thioether (sulfide) groups is 1. The molecule has 0 aliphatic carbocycles. The van der Waals surface area contributed by atoms with E-state index < -0.39 is 11.7 Å². The van der Waals surface area contributed by atoms with Crippen LogP contribution in [0.4, 0.5) is 0 Å². The van der Waals surface area contributed by atoms with Crippen molar-refractivity contribution in [3.05, 3.63) is 11.6 Å². The lowest BCUT2D eigenvalue weighted by Crippen LogP contribution is -2.47. The lowest BCUT2D eigenvalue weighted by molar-refractivity contribution is -0.179. The molecule has 0 aromatic rings. The maximum absolute atomic E-state index is 11.5. The van der Waals surface area contributed by atoms with E-state index in [-0.39, 0.29) is 11.9 Å². The van der Waals surface area contributed by atoms with Crippen LogP contribution in [-0.4, -0.2) is 34.6 Å². The number of carbonyl (C=O) groups is 2. The second-order valence-corrected chi connectivity index (χ2v) is 7.82. The first kappa shape index (κ1) is 21.0. The van der Waals surface area contributed by atoms with Crippen LogP contribution in [0.3, 0.4) is 0 Å². The molecule has 0 aliphatic heterocycles. The molecule has 0 amide bonds. The fourth-order valence-corrected chi connectivity index (χ4v) is 3.05. The first-order valence-electron chi connectivity index (χ1n) is 7.68. The second-order valence-electron chi connectivity index (χ2n) is 6.21. The van der Waals surface area contributed by atoms with E-state index in [1.54, 1.807) is 11.8 Å². The van der Waals surface area contributed by atoms with Gasteiger partial charge in [-0.2, -0.15) is 11.8 Å². The molecule has 0 spiro atoms. The van der Waals surface area contributed by atoms with Crippen molar-refractivity contribution in [1.82, 2.24) is 0 Å². The molecule has 4 nitrogen and oxygen atoms in total. The third kappa shape index (κ3) is 9.13. The van der Waals surface area contributed by atoms with Crippen molar-refractivity contribution in [2.24, 2.45) is 0 Å². The van der Waals surface area contributed by atoms with Gasteiger partial charge in [0.2, 0.25) is 0 Å². The topological polar surface area (TPSA) is 52.6 Å². The van der Waals surface area contributed by atoms with E-state index in [0.717, 1.165) is 6.42 Å². The molecule has 128 valence electrons. The smallest absolute Gasteiger partial charge is 0.303 e. The molecule has 22 heavy (non-hydrogen) atoms. The number of esters is 2. The first-order valence-corrected chi connectivity index (χ1v) is 8.73. The van der Waals surface area contributed by atoms with Gasteiger partial charge < -0.3 is 9.47 Å². The molecule has 0 aliphatic rings. The minimum Gasteiger partial charge on any atom is -0.457 e. The minimum atomic E-state index is -0.814. The van der Waals surface area contributed by atoms with Gasteiger partial charge in [-0.15, -0.1) is 0 Å². The van der Waals surface area contributed by atoms with Gasteiger partial charge in [0, 0.05) is 19.6 Å². The van der Waals surface area contributed by atoms with Crippen LogP contribution in [0.25, 0.3) is 0 Å². The quantitative estimate of drug-likeness (QED) is 0.470. The molecule has 0 unspecified atom stereocenters. The molecule has 0 bridgehead atoms. The molecule has 5 heteroatoms. The number of hydrogen-bond acceptors (Lipinski definition) is 5. The Morgan fingerprint density at radius 3 is 2.14 bits per heavy atom. The monoisotopic (exact) mass is 330 g/mol. The average molecular weight is 330 g/mol. The Morgan fingerprint density at radius 2 is 1.73 bits per heavy atom. The average Bonchev–Trinajstić information content (AvgIpc) is 2.32. The molecule has 0 aromatic carbocycles. The Hall–Kier alpha value is -0.970. The molecule has 0 N–H and O–H groups in total. The Kier molecular flexibility index (Phi) is 9.49. The zero-order chi connectivity index (χ0) is 17.3. The highest BCUT2D eigenvalue weighted by atomic mass is 32.2. The van der Waals surface area contributed by atoms with Gasteiger partial charge >= 0.3 is 11.9 Å². The van der Waals surface area contributed by atoms with Crippen LogP contribution in [-0.2, 0) is 19.1 Å². The summed E-state index contributed by atoms with van der Waals surface area (Å²) < 4.78 is 11.0. The third-order valence-corrected chi connectivity index (χ3v) is 4.30. The molecular weight excluding hydrogens is 300 g/mol. The summed E-state index contributed by atoms with van der Waals surface area (Å²) in [7, 11) is 0. The largest absolute Gasteiger partial charge is 0.457 e. The number of rotatable bonds is 9. The van der Waals surface area contributed by atoms with E-state index in [1.165, 1.54) is 19.4 Å². The van der Waals surface area contributed by atoms with E-state index in [0.29, 0.717) is 17.4 Å². The first-order chi connectivity index (χ1) is 10.1. The number of carbonyl (C=O) groups excluding carboxylic acids is 2. The Balaban J connectivity index is 5.18. The SMILES string of the molecule is CC(=O)O[C@@H](CSC(C)C)[C@@](C)(CCC=C(C)C)OC(C)=O.